The Bertz CT molecular complexity index is 637. The molecule has 2 aromatic rings. The molecule has 6 heteroatoms. The van der Waals surface area contributed by atoms with E-state index in [1.165, 1.54) is 0 Å². The molecule has 0 saturated carbocycles. The number of carbonyl (C=O) groups excluding carboxylic acids is 1. The standard InChI is InChI=1S/C14H15N3O3/c15-11(7-12(18)19)14(20)17-8-10-4-1-3-9-5-2-6-16-13(9)10/h1-6,11H,7-8,15H2,(H,17,20)(H,18,19). The number of amides is 1. The van der Waals surface area contributed by atoms with Crippen molar-refractivity contribution in [2.24, 2.45) is 5.73 Å². The molecule has 1 heterocycles. The van der Waals surface area contributed by atoms with E-state index >= 15 is 0 Å². The summed E-state index contributed by atoms with van der Waals surface area (Å²) < 4.78 is 0. The molecular weight excluding hydrogens is 258 g/mol. The van der Waals surface area contributed by atoms with Gasteiger partial charge in [0.15, 0.2) is 0 Å². The van der Waals surface area contributed by atoms with Crippen LogP contribution in [0, 0.1) is 0 Å². The number of hydrogen-bond donors (Lipinski definition) is 3. The van der Waals surface area contributed by atoms with Crippen LogP contribution in [-0.4, -0.2) is 28.0 Å². The van der Waals surface area contributed by atoms with Crippen molar-refractivity contribution < 1.29 is 14.7 Å². The van der Waals surface area contributed by atoms with Crippen LogP contribution in [0.4, 0.5) is 0 Å². The van der Waals surface area contributed by atoms with Crippen molar-refractivity contribution in [1.82, 2.24) is 10.3 Å². The minimum absolute atomic E-state index is 0.264. The van der Waals surface area contributed by atoms with E-state index in [-0.39, 0.29) is 13.0 Å². The van der Waals surface area contributed by atoms with Gasteiger partial charge in [-0.15, -0.1) is 0 Å². The lowest BCUT2D eigenvalue weighted by molar-refractivity contribution is -0.139. The molecule has 1 aromatic heterocycles. The molecule has 104 valence electrons. The van der Waals surface area contributed by atoms with E-state index in [1.807, 2.05) is 30.3 Å². The molecule has 1 amide bonds. The summed E-state index contributed by atoms with van der Waals surface area (Å²) in [4.78, 5) is 26.4. The molecule has 1 atom stereocenters. The number of rotatable bonds is 5. The Balaban J connectivity index is 2.06. The molecular formula is C14H15N3O3. The summed E-state index contributed by atoms with van der Waals surface area (Å²) in [6.07, 6.45) is 1.30. The Hall–Kier alpha value is -2.47. The van der Waals surface area contributed by atoms with Crippen LogP contribution in [0.1, 0.15) is 12.0 Å². The number of benzene rings is 1. The van der Waals surface area contributed by atoms with Gasteiger partial charge < -0.3 is 16.2 Å². The monoisotopic (exact) mass is 273 g/mol. The molecule has 4 N–H and O–H groups in total. The van der Waals surface area contributed by atoms with E-state index in [0.717, 1.165) is 16.5 Å². The molecule has 0 bridgehead atoms. The molecule has 20 heavy (non-hydrogen) atoms. The summed E-state index contributed by atoms with van der Waals surface area (Å²) >= 11 is 0. The number of para-hydroxylation sites is 1. The Morgan fingerprint density at radius 3 is 2.80 bits per heavy atom. The van der Waals surface area contributed by atoms with Crippen LogP contribution in [0.15, 0.2) is 36.5 Å². The fourth-order valence-corrected chi connectivity index (χ4v) is 1.90. The largest absolute Gasteiger partial charge is 0.481 e. The van der Waals surface area contributed by atoms with Crippen molar-refractivity contribution in [2.75, 3.05) is 0 Å². The van der Waals surface area contributed by atoms with Crippen molar-refractivity contribution >= 4 is 22.8 Å². The molecule has 6 nitrogen and oxygen atoms in total. The van der Waals surface area contributed by atoms with Gasteiger partial charge in [0.25, 0.3) is 0 Å². The van der Waals surface area contributed by atoms with E-state index in [4.69, 9.17) is 10.8 Å². The molecule has 0 radical (unpaired) electrons. The van der Waals surface area contributed by atoms with Crippen molar-refractivity contribution in [2.45, 2.75) is 19.0 Å². The highest BCUT2D eigenvalue weighted by Crippen LogP contribution is 2.15. The smallest absolute Gasteiger partial charge is 0.305 e. The lowest BCUT2D eigenvalue weighted by Gasteiger charge is -2.11. The molecule has 0 aliphatic heterocycles. The van der Waals surface area contributed by atoms with Gasteiger partial charge in [-0.25, -0.2) is 0 Å². The van der Waals surface area contributed by atoms with Crippen LogP contribution in [0.2, 0.25) is 0 Å². The second-order valence-corrected chi connectivity index (χ2v) is 4.41. The second-order valence-electron chi connectivity index (χ2n) is 4.41. The number of carboxylic acids is 1. The number of nitrogens with zero attached hydrogens (tertiary/aromatic N) is 1. The maximum absolute atomic E-state index is 11.7. The first-order valence-corrected chi connectivity index (χ1v) is 6.15. The van der Waals surface area contributed by atoms with Gasteiger partial charge in [-0.1, -0.05) is 24.3 Å². The highest BCUT2D eigenvalue weighted by atomic mass is 16.4. The maximum atomic E-state index is 11.7. The average molecular weight is 273 g/mol. The fraction of sp³-hybridized carbons (Fsp3) is 0.214. The lowest BCUT2D eigenvalue weighted by atomic mass is 10.1. The first-order valence-electron chi connectivity index (χ1n) is 6.15. The van der Waals surface area contributed by atoms with Crippen molar-refractivity contribution in [3.63, 3.8) is 0 Å². The van der Waals surface area contributed by atoms with E-state index in [9.17, 15) is 9.59 Å². The van der Waals surface area contributed by atoms with Gasteiger partial charge >= 0.3 is 5.97 Å². The summed E-state index contributed by atoms with van der Waals surface area (Å²) in [5.41, 5.74) is 7.15. The van der Waals surface area contributed by atoms with Crippen molar-refractivity contribution in [3.05, 3.63) is 42.1 Å². The average Bonchev–Trinajstić information content (AvgIpc) is 2.44. The summed E-state index contributed by atoms with van der Waals surface area (Å²) in [6.45, 7) is 0.264. The number of aromatic nitrogens is 1. The summed E-state index contributed by atoms with van der Waals surface area (Å²) in [6, 6.07) is 8.40. The predicted octanol–water partition coefficient (Wildman–Crippen LogP) is 0.653. The predicted molar refractivity (Wildman–Crippen MR) is 73.8 cm³/mol. The van der Waals surface area contributed by atoms with Gasteiger partial charge in [0.2, 0.25) is 5.91 Å². The normalized spacial score (nSPS) is 12.1. The molecule has 0 aliphatic carbocycles. The number of hydrogen-bond acceptors (Lipinski definition) is 4. The van der Waals surface area contributed by atoms with E-state index in [2.05, 4.69) is 10.3 Å². The first-order chi connectivity index (χ1) is 9.58. The second kappa shape index (κ2) is 6.12. The molecule has 1 unspecified atom stereocenters. The number of pyridine rings is 1. The highest BCUT2D eigenvalue weighted by molar-refractivity contribution is 5.86. The topological polar surface area (TPSA) is 105 Å². The maximum Gasteiger partial charge on any atom is 0.305 e. The number of nitrogens with two attached hydrogens (primary N) is 1. The number of fused-ring (bicyclic) bond motifs is 1. The molecule has 0 saturated heterocycles. The number of carbonyl (C=O) groups is 2. The third-order valence-electron chi connectivity index (χ3n) is 2.90. The van der Waals surface area contributed by atoms with Gasteiger partial charge in [-0.3, -0.25) is 14.6 Å². The Kier molecular flexibility index (Phi) is 4.27. The zero-order chi connectivity index (χ0) is 14.5. The van der Waals surface area contributed by atoms with Gasteiger partial charge in [0, 0.05) is 18.1 Å². The van der Waals surface area contributed by atoms with Crippen LogP contribution >= 0.6 is 0 Å². The number of carboxylic acid groups (broad SMARTS) is 1. The van der Waals surface area contributed by atoms with E-state index in [0.29, 0.717) is 0 Å². The third-order valence-corrected chi connectivity index (χ3v) is 2.90. The molecule has 0 fully saturated rings. The Labute approximate surface area is 115 Å². The minimum Gasteiger partial charge on any atom is -0.481 e. The fourth-order valence-electron chi connectivity index (χ4n) is 1.90. The SMILES string of the molecule is NC(CC(=O)O)C(=O)NCc1cccc2cccnc12. The zero-order valence-corrected chi connectivity index (χ0v) is 10.7. The van der Waals surface area contributed by atoms with Gasteiger partial charge in [0.05, 0.1) is 18.0 Å². The summed E-state index contributed by atoms with van der Waals surface area (Å²) in [5.74, 6) is -1.58. The van der Waals surface area contributed by atoms with E-state index in [1.54, 1.807) is 6.20 Å². The first kappa shape index (κ1) is 14.0. The molecule has 2 rings (SSSR count). The van der Waals surface area contributed by atoms with Crippen molar-refractivity contribution in [1.29, 1.82) is 0 Å². The van der Waals surface area contributed by atoms with Crippen LogP contribution in [-0.2, 0) is 16.1 Å². The van der Waals surface area contributed by atoms with E-state index < -0.39 is 17.9 Å². The zero-order valence-electron chi connectivity index (χ0n) is 10.7. The minimum atomic E-state index is -1.10. The van der Waals surface area contributed by atoms with Crippen LogP contribution in [0.5, 0.6) is 0 Å². The quantitative estimate of drug-likeness (QED) is 0.742. The lowest BCUT2D eigenvalue weighted by Crippen LogP contribution is -2.41. The van der Waals surface area contributed by atoms with Crippen LogP contribution in [0.3, 0.4) is 0 Å². The number of nitrogens with one attached hydrogen (secondary N) is 1. The van der Waals surface area contributed by atoms with Crippen LogP contribution < -0.4 is 11.1 Å². The molecule has 0 aliphatic rings. The number of aliphatic carboxylic acids is 1. The molecule has 0 spiro atoms. The Morgan fingerprint density at radius 2 is 2.05 bits per heavy atom. The molecule has 1 aromatic carbocycles. The van der Waals surface area contributed by atoms with Gasteiger partial charge in [-0.05, 0) is 11.6 Å². The van der Waals surface area contributed by atoms with Crippen LogP contribution in [0.25, 0.3) is 10.9 Å². The third kappa shape index (κ3) is 3.30. The highest BCUT2D eigenvalue weighted by Gasteiger charge is 2.16. The van der Waals surface area contributed by atoms with Crippen molar-refractivity contribution in [3.8, 4) is 0 Å². The Morgan fingerprint density at radius 1 is 1.30 bits per heavy atom. The summed E-state index contributed by atoms with van der Waals surface area (Å²) in [7, 11) is 0. The van der Waals surface area contributed by atoms with Gasteiger partial charge in [0.1, 0.15) is 0 Å². The summed E-state index contributed by atoms with van der Waals surface area (Å²) in [5, 5.41) is 12.2. The van der Waals surface area contributed by atoms with Gasteiger partial charge in [-0.2, -0.15) is 0 Å².